The van der Waals surface area contributed by atoms with Crippen LogP contribution in [0.4, 0.5) is 5.82 Å². The molecule has 0 aliphatic rings. The number of anilines is 1. The van der Waals surface area contributed by atoms with E-state index in [2.05, 4.69) is 46.4 Å². The zero-order chi connectivity index (χ0) is 14.0. The van der Waals surface area contributed by atoms with Crippen LogP contribution in [0.3, 0.4) is 0 Å². The quantitative estimate of drug-likeness (QED) is 0.804. The maximum Gasteiger partial charge on any atom is 0.161 e. The second-order valence-corrected chi connectivity index (χ2v) is 6.31. The number of nitrogens with zero attached hydrogens (tertiary/aromatic N) is 2. The van der Waals surface area contributed by atoms with Crippen LogP contribution in [0.25, 0.3) is 11.4 Å². The van der Waals surface area contributed by atoms with Gasteiger partial charge in [0.05, 0.1) is 9.26 Å². The Balaban J connectivity index is 2.46. The Morgan fingerprint density at radius 3 is 2.42 bits per heavy atom. The summed E-state index contributed by atoms with van der Waals surface area (Å²) in [6.07, 6.45) is 0.894. The van der Waals surface area contributed by atoms with E-state index in [-0.39, 0.29) is 0 Å². The number of nitrogens with two attached hydrogens (primary N) is 1. The highest BCUT2D eigenvalue weighted by molar-refractivity contribution is 14.1. The maximum atomic E-state index is 5.98. The molecule has 1 aromatic carbocycles. The van der Waals surface area contributed by atoms with Gasteiger partial charge in [-0.25, -0.2) is 9.97 Å². The fourth-order valence-corrected chi connectivity index (χ4v) is 2.35. The molecule has 0 spiro atoms. The molecule has 1 heterocycles. The summed E-state index contributed by atoms with van der Waals surface area (Å²) in [5, 5.41) is 0.699. The molecule has 0 radical (unpaired) electrons. The molecule has 2 rings (SSSR count). The maximum absolute atomic E-state index is 5.98. The first-order valence-electron chi connectivity index (χ1n) is 6.05. The van der Waals surface area contributed by atoms with Crippen LogP contribution in [-0.4, -0.2) is 9.97 Å². The molecule has 0 fully saturated rings. The van der Waals surface area contributed by atoms with E-state index in [9.17, 15) is 0 Å². The second-order valence-electron chi connectivity index (χ2n) is 4.80. The Morgan fingerprint density at radius 1 is 1.21 bits per heavy atom. The van der Waals surface area contributed by atoms with Crippen LogP contribution in [-0.2, 0) is 6.42 Å². The minimum Gasteiger partial charge on any atom is -0.383 e. The van der Waals surface area contributed by atoms with Gasteiger partial charge in [0.15, 0.2) is 5.82 Å². The Morgan fingerprint density at radius 2 is 1.84 bits per heavy atom. The molecule has 2 N–H and O–H groups in total. The minimum atomic E-state index is 0.529. The molecule has 0 saturated heterocycles. The van der Waals surface area contributed by atoms with Crippen molar-refractivity contribution in [3.8, 4) is 11.4 Å². The highest BCUT2D eigenvalue weighted by atomic mass is 127. The van der Waals surface area contributed by atoms with Crippen molar-refractivity contribution < 1.29 is 0 Å². The summed E-state index contributed by atoms with van der Waals surface area (Å²) in [6.45, 7) is 4.33. The van der Waals surface area contributed by atoms with Crippen molar-refractivity contribution in [2.75, 3.05) is 5.73 Å². The molecular weight excluding hydrogens is 373 g/mol. The number of hydrogen-bond donors (Lipinski definition) is 1. The second kappa shape index (κ2) is 6.05. The molecule has 19 heavy (non-hydrogen) atoms. The lowest BCUT2D eigenvalue weighted by Crippen LogP contribution is -2.07. The van der Waals surface area contributed by atoms with Crippen molar-refractivity contribution in [2.45, 2.75) is 20.3 Å². The van der Waals surface area contributed by atoms with Gasteiger partial charge in [-0.15, -0.1) is 0 Å². The Hall–Kier alpha value is -0.880. The van der Waals surface area contributed by atoms with E-state index in [4.69, 9.17) is 17.3 Å². The number of halogens is 2. The summed E-state index contributed by atoms with van der Waals surface area (Å²) in [4.78, 5) is 8.99. The fraction of sp³-hybridized carbons (Fsp3) is 0.286. The lowest BCUT2D eigenvalue weighted by atomic mass is 10.1. The molecule has 1 aromatic heterocycles. The van der Waals surface area contributed by atoms with E-state index >= 15 is 0 Å². The summed E-state index contributed by atoms with van der Waals surface area (Å²) >= 11 is 8.10. The van der Waals surface area contributed by atoms with Crippen molar-refractivity contribution >= 4 is 40.0 Å². The molecule has 0 unspecified atom stereocenters. The highest BCUT2D eigenvalue weighted by Crippen LogP contribution is 2.24. The summed E-state index contributed by atoms with van der Waals surface area (Å²) in [7, 11) is 0. The van der Waals surface area contributed by atoms with Gasteiger partial charge in [0.1, 0.15) is 5.82 Å². The van der Waals surface area contributed by atoms with E-state index in [1.54, 1.807) is 0 Å². The molecule has 3 nitrogen and oxygen atoms in total. The Bertz CT molecular complexity index is 582. The predicted molar refractivity (Wildman–Crippen MR) is 88.1 cm³/mol. The molecule has 100 valence electrons. The Kier molecular flexibility index (Phi) is 4.62. The average molecular weight is 388 g/mol. The first-order chi connectivity index (χ1) is 8.97. The van der Waals surface area contributed by atoms with E-state index in [0.717, 1.165) is 21.2 Å². The van der Waals surface area contributed by atoms with Crippen molar-refractivity contribution in [1.29, 1.82) is 0 Å². The number of aromatic nitrogens is 2. The number of benzene rings is 1. The fourth-order valence-electron chi connectivity index (χ4n) is 1.76. The van der Waals surface area contributed by atoms with E-state index < -0.39 is 0 Å². The first-order valence-corrected chi connectivity index (χ1v) is 7.51. The van der Waals surface area contributed by atoms with E-state index in [1.165, 1.54) is 0 Å². The van der Waals surface area contributed by atoms with Crippen LogP contribution in [0, 0.1) is 9.49 Å². The minimum absolute atomic E-state index is 0.529. The third-order valence-corrected chi connectivity index (χ3v) is 4.08. The van der Waals surface area contributed by atoms with Gasteiger partial charge in [0.25, 0.3) is 0 Å². The van der Waals surface area contributed by atoms with Crippen LogP contribution in [0.15, 0.2) is 24.3 Å². The van der Waals surface area contributed by atoms with Crippen molar-refractivity contribution in [1.82, 2.24) is 9.97 Å². The number of nitrogen functional groups attached to an aromatic ring is 1. The predicted octanol–water partition coefficient (Wildman–Crippen LogP) is 4.18. The van der Waals surface area contributed by atoms with Gasteiger partial charge < -0.3 is 5.73 Å². The Labute approximate surface area is 131 Å². The molecule has 0 bridgehead atoms. The highest BCUT2D eigenvalue weighted by Gasteiger charge is 2.12. The SMILES string of the molecule is CC(C)Cc1nc(-c2ccc(Cl)cc2)nc(N)c1I. The lowest BCUT2D eigenvalue weighted by Gasteiger charge is -2.11. The van der Waals surface area contributed by atoms with Crippen LogP contribution in [0.1, 0.15) is 19.5 Å². The van der Waals surface area contributed by atoms with Gasteiger partial charge in [-0.3, -0.25) is 0 Å². The molecule has 0 amide bonds. The summed E-state index contributed by atoms with van der Waals surface area (Å²) in [6, 6.07) is 7.47. The number of rotatable bonds is 3. The molecule has 2 aromatic rings. The van der Waals surface area contributed by atoms with Crippen molar-refractivity contribution in [3.05, 3.63) is 38.6 Å². The van der Waals surface area contributed by atoms with Crippen molar-refractivity contribution in [3.63, 3.8) is 0 Å². The monoisotopic (exact) mass is 387 g/mol. The summed E-state index contributed by atoms with van der Waals surface area (Å²) in [5.41, 5.74) is 7.92. The zero-order valence-electron chi connectivity index (χ0n) is 10.8. The first kappa shape index (κ1) is 14.5. The molecule has 5 heteroatoms. The van der Waals surface area contributed by atoms with Crippen LogP contribution in [0.5, 0.6) is 0 Å². The normalized spacial score (nSPS) is 11.0. The van der Waals surface area contributed by atoms with Crippen LogP contribution >= 0.6 is 34.2 Å². The van der Waals surface area contributed by atoms with Gasteiger partial charge in [0.2, 0.25) is 0 Å². The van der Waals surface area contributed by atoms with Gasteiger partial charge in [-0.2, -0.15) is 0 Å². The van der Waals surface area contributed by atoms with E-state index in [0.29, 0.717) is 22.6 Å². The summed E-state index contributed by atoms with van der Waals surface area (Å²) in [5.74, 6) is 1.72. The van der Waals surface area contributed by atoms with E-state index in [1.807, 2.05) is 24.3 Å². The van der Waals surface area contributed by atoms with Gasteiger partial charge in [-0.1, -0.05) is 25.4 Å². The smallest absolute Gasteiger partial charge is 0.161 e. The lowest BCUT2D eigenvalue weighted by molar-refractivity contribution is 0.632. The molecule has 0 aliphatic heterocycles. The largest absolute Gasteiger partial charge is 0.383 e. The summed E-state index contributed by atoms with van der Waals surface area (Å²) < 4.78 is 0.948. The van der Waals surface area contributed by atoms with Gasteiger partial charge in [0, 0.05) is 10.6 Å². The van der Waals surface area contributed by atoms with Crippen molar-refractivity contribution in [2.24, 2.45) is 5.92 Å². The van der Waals surface area contributed by atoms with Gasteiger partial charge in [-0.05, 0) is 59.2 Å². The molecular formula is C14H15ClIN3. The molecule has 0 aliphatic carbocycles. The van der Waals surface area contributed by atoms with Gasteiger partial charge >= 0.3 is 0 Å². The standard InChI is InChI=1S/C14H15ClIN3/c1-8(2)7-11-12(16)13(17)19-14(18-11)9-3-5-10(15)6-4-9/h3-6,8H,7H2,1-2H3,(H2,17,18,19). The number of hydrogen-bond acceptors (Lipinski definition) is 3. The van der Waals surface area contributed by atoms with Crippen LogP contribution in [0.2, 0.25) is 5.02 Å². The zero-order valence-corrected chi connectivity index (χ0v) is 13.7. The third kappa shape index (κ3) is 3.57. The average Bonchev–Trinajstić information content (AvgIpc) is 2.35. The van der Waals surface area contributed by atoms with Crippen LogP contribution < -0.4 is 5.73 Å². The molecule has 0 atom stereocenters. The third-order valence-electron chi connectivity index (χ3n) is 2.65. The topological polar surface area (TPSA) is 51.8 Å². The molecule has 0 saturated carbocycles.